The van der Waals surface area contributed by atoms with Gasteiger partial charge in [-0.1, -0.05) is 18.2 Å². The normalized spacial score (nSPS) is 15.5. The first-order valence-electron chi connectivity index (χ1n) is 11.2. The summed E-state index contributed by atoms with van der Waals surface area (Å²) in [6.45, 7) is 7.27. The molecule has 170 valence electrons. The van der Waals surface area contributed by atoms with E-state index in [2.05, 4.69) is 11.1 Å². The summed E-state index contributed by atoms with van der Waals surface area (Å²) in [6, 6.07) is 11.2. The number of hydrogen-bond acceptors (Lipinski definition) is 5. The molecule has 0 saturated carbocycles. The van der Waals surface area contributed by atoms with E-state index in [1.165, 1.54) is 5.56 Å². The van der Waals surface area contributed by atoms with Crippen molar-refractivity contribution in [1.29, 1.82) is 0 Å². The largest absolute Gasteiger partial charge is 0.490 e. The summed E-state index contributed by atoms with van der Waals surface area (Å²) >= 11 is 0. The lowest BCUT2D eigenvalue weighted by atomic mass is 9.96. The van der Waals surface area contributed by atoms with Gasteiger partial charge < -0.3 is 29.2 Å². The van der Waals surface area contributed by atoms with Crippen LogP contribution in [0.5, 0.6) is 17.2 Å². The van der Waals surface area contributed by atoms with Crippen LogP contribution in [0.3, 0.4) is 0 Å². The summed E-state index contributed by atoms with van der Waals surface area (Å²) in [7, 11) is 0. The Morgan fingerprint density at radius 1 is 1.06 bits per heavy atom. The number of para-hydroxylation sites is 1. The molecular weight excluding hydrogens is 408 g/mol. The highest BCUT2D eigenvalue weighted by molar-refractivity contribution is 5.96. The first-order chi connectivity index (χ1) is 15.6. The summed E-state index contributed by atoms with van der Waals surface area (Å²) in [5.41, 5.74) is 3.66. The highest BCUT2D eigenvalue weighted by Crippen LogP contribution is 2.40. The van der Waals surface area contributed by atoms with E-state index in [4.69, 9.17) is 14.2 Å². The number of carbonyl (C=O) groups excluding carboxylic acids is 1. The van der Waals surface area contributed by atoms with Gasteiger partial charge in [-0.2, -0.15) is 0 Å². The number of ether oxygens (including phenoxy) is 3. The molecule has 0 spiro atoms. The number of aliphatic hydroxyl groups excluding tert-OH is 1. The third-order valence-corrected chi connectivity index (χ3v) is 5.74. The molecule has 1 aliphatic rings. The number of H-pyrrole nitrogens is 1. The predicted molar refractivity (Wildman–Crippen MR) is 123 cm³/mol. The number of fused-ring (bicyclic) bond motifs is 3. The van der Waals surface area contributed by atoms with E-state index in [9.17, 15) is 9.90 Å². The zero-order chi connectivity index (χ0) is 22.7. The van der Waals surface area contributed by atoms with Crippen molar-refractivity contribution in [2.45, 2.75) is 39.8 Å². The van der Waals surface area contributed by atoms with Crippen molar-refractivity contribution in [2.75, 3.05) is 26.4 Å². The molecule has 0 radical (unpaired) electrons. The van der Waals surface area contributed by atoms with Gasteiger partial charge in [0.05, 0.1) is 39.0 Å². The standard InChI is InChI=1S/C25H30N2O5/c1-4-30-22-11-16(12-23(31-5-2)24(22)32-6-3)25(29)27-14-21-19(13-17(27)15-28)18-9-7-8-10-20(18)26-21/h7-12,17,26,28H,4-6,13-15H2,1-3H3. The monoisotopic (exact) mass is 438 g/mol. The first kappa shape index (κ1) is 22.0. The summed E-state index contributed by atoms with van der Waals surface area (Å²) in [4.78, 5) is 18.8. The van der Waals surface area contributed by atoms with Gasteiger partial charge in [-0.15, -0.1) is 0 Å². The Labute approximate surface area is 187 Å². The van der Waals surface area contributed by atoms with Gasteiger partial charge >= 0.3 is 0 Å². The minimum atomic E-state index is -0.313. The van der Waals surface area contributed by atoms with Crippen molar-refractivity contribution in [3.63, 3.8) is 0 Å². The Kier molecular flexibility index (Phi) is 6.55. The number of carbonyl (C=O) groups is 1. The molecule has 4 rings (SSSR count). The molecule has 2 aromatic carbocycles. The number of nitrogens with zero attached hydrogens (tertiary/aromatic N) is 1. The second kappa shape index (κ2) is 9.53. The molecule has 0 bridgehead atoms. The molecule has 7 nitrogen and oxygen atoms in total. The first-order valence-corrected chi connectivity index (χ1v) is 11.2. The van der Waals surface area contributed by atoms with Gasteiger partial charge in [-0.3, -0.25) is 4.79 Å². The maximum atomic E-state index is 13.6. The number of hydrogen-bond donors (Lipinski definition) is 2. The van der Waals surface area contributed by atoms with E-state index in [1.54, 1.807) is 17.0 Å². The molecule has 0 fully saturated rings. The lowest BCUT2D eigenvalue weighted by Gasteiger charge is -2.35. The number of aromatic nitrogens is 1. The number of benzene rings is 2. The van der Waals surface area contributed by atoms with Crippen LogP contribution < -0.4 is 14.2 Å². The molecule has 1 atom stereocenters. The average molecular weight is 439 g/mol. The number of aliphatic hydroxyl groups is 1. The molecule has 0 saturated heterocycles. The van der Waals surface area contributed by atoms with Crippen LogP contribution in [0.25, 0.3) is 10.9 Å². The van der Waals surface area contributed by atoms with Crippen LogP contribution in [0.1, 0.15) is 42.4 Å². The Hall–Kier alpha value is -3.19. The van der Waals surface area contributed by atoms with E-state index < -0.39 is 0 Å². The zero-order valence-corrected chi connectivity index (χ0v) is 18.8. The fraction of sp³-hybridized carbons (Fsp3) is 0.400. The van der Waals surface area contributed by atoms with Crippen LogP contribution in [-0.4, -0.2) is 53.4 Å². The molecular formula is C25H30N2O5. The van der Waals surface area contributed by atoms with Gasteiger partial charge in [-0.05, 0) is 51.0 Å². The molecule has 2 heterocycles. The average Bonchev–Trinajstić information content (AvgIpc) is 3.17. The Morgan fingerprint density at radius 2 is 1.72 bits per heavy atom. The number of rotatable bonds is 8. The number of amides is 1. The van der Waals surface area contributed by atoms with Crippen molar-refractivity contribution in [1.82, 2.24) is 9.88 Å². The second-order valence-corrected chi connectivity index (χ2v) is 7.70. The van der Waals surface area contributed by atoms with Crippen molar-refractivity contribution < 1.29 is 24.1 Å². The molecule has 1 aliphatic heterocycles. The Balaban J connectivity index is 1.72. The van der Waals surface area contributed by atoms with Gasteiger partial charge in [-0.25, -0.2) is 0 Å². The topological polar surface area (TPSA) is 84.0 Å². The van der Waals surface area contributed by atoms with Gasteiger partial charge in [0.1, 0.15) is 0 Å². The van der Waals surface area contributed by atoms with Crippen LogP contribution in [0.15, 0.2) is 36.4 Å². The van der Waals surface area contributed by atoms with Crippen molar-refractivity contribution in [2.24, 2.45) is 0 Å². The molecule has 32 heavy (non-hydrogen) atoms. The van der Waals surface area contributed by atoms with Crippen molar-refractivity contribution >= 4 is 16.8 Å². The van der Waals surface area contributed by atoms with E-state index in [0.717, 1.165) is 16.6 Å². The van der Waals surface area contributed by atoms with E-state index >= 15 is 0 Å². The predicted octanol–water partition coefficient (Wildman–Crippen LogP) is 3.92. The quantitative estimate of drug-likeness (QED) is 0.557. The maximum absolute atomic E-state index is 13.6. The minimum absolute atomic E-state index is 0.113. The zero-order valence-electron chi connectivity index (χ0n) is 18.8. The SMILES string of the molecule is CCOc1cc(C(=O)N2Cc3[nH]c4ccccc4c3CC2CO)cc(OCC)c1OCC. The van der Waals surface area contributed by atoms with Crippen LogP contribution in [0.2, 0.25) is 0 Å². The summed E-state index contributed by atoms with van der Waals surface area (Å²) in [6.07, 6.45) is 0.593. The molecule has 1 amide bonds. The van der Waals surface area contributed by atoms with Crippen LogP contribution in [-0.2, 0) is 13.0 Å². The highest BCUT2D eigenvalue weighted by Gasteiger charge is 2.33. The summed E-state index contributed by atoms with van der Waals surface area (Å²) < 4.78 is 17.3. The fourth-order valence-electron chi connectivity index (χ4n) is 4.35. The Bertz CT molecular complexity index is 1080. The van der Waals surface area contributed by atoms with E-state index in [-0.39, 0.29) is 18.6 Å². The molecule has 2 N–H and O–H groups in total. The van der Waals surface area contributed by atoms with E-state index in [0.29, 0.717) is 55.6 Å². The third kappa shape index (κ3) is 4.00. The third-order valence-electron chi connectivity index (χ3n) is 5.74. The molecule has 0 aliphatic carbocycles. The second-order valence-electron chi connectivity index (χ2n) is 7.70. The van der Waals surface area contributed by atoms with Crippen LogP contribution in [0, 0.1) is 0 Å². The van der Waals surface area contributed by atoms with E-state index in [1.807, 2.05) is 39.0 Å². The van der Waals surface area contributed by atoms with Crippen molar-refractivity contribution in [3.05, 3.63) is 53.2 Å². The minimum Gasteiger partial charge on any atom is -0.490 e. The van der Waals surface area contributed by atoms with Crippen LogP contribution in [0.4, 0.5) is 0 Å². The van der Waals surface area contributed by atoms with Crippen molar-refractivity contribution in [3.8, 4) is 17.2 Å². The molecule has 1 unspecified atom stereocenters. The summed E-state index contributed by atoms with van der Waals surface area (Å²) in [5, 5.41) is 11.3. The smallest absolute Gasteiger partial charge is 0.254 e. The lowest BCUT2D eigenvalue weighted by molar-refractivity contribution is 0.0540. The van der Waals surface area contributed by atoms with Gasteiger partial charge in [0.2, 0.25) is 5.75 Å². The fourth-order valence-corrected chi connectivity index (χ4v) is 4.35. The maximum Gasteiger partial charge on any atom is 0.254 e. The lowest BCUT2D eigenvalue weighted by Crippen LogP contribution is -2.46. The number of aromatic amines is 1. The van der Waals surface area contributed by atoms with Gasteiger partial charge in [0, 0.05) is 22.2 Å². The highest BCUT2D eigenvalue weighted by atomic mass is 16.5. The summed E-state index contributed by atoms with van der Waals surface area (Å²) in [5.74, 6) is 1.28. The molecule has 3 aromatic rings. The Morgan fingerprint density at radius 3 is 2.34 bits per heavy atom. The van der Waals surface area contributed by atoms with Crippen LogP contribution >= 0.6 is 0 Å². The van der Waals surface area contributed by atoms with Gasteiger partial charge in [0.15, 0.2) is 11.5 Å². The number of nitrogens with one attached hydrogen (secondary N) is 1. The molecule has 7 heteroatoms. The molecule has 1 aromatic heterocycles. The van der Waals surface area contributed by atoms with Gasteiger partial charge in [0.25, 0.3) is 5.91 Å².